The molecule has 0 spiro atoms. The minimum absolute atomic E-state index is 0.00164. The fourth-order valence-corrected chi connectivity index (χ4v) is 3.74. The number of methoxy groups -OCH3 is 1. The molecule has 3 N–H and O–H groups in total. The summed E-state index contributed by atoms with van der Waals surface area (Å²) in [7, 11) is -2.26. The molecule has 8 nitrogen and oxygen atoms in total. The number of anilines is 3. The minimum Gasteiger partial charge on any atom is -0.495 e. The lowest BCUT2D eigenvalue weighted by Gasteiger charge is -2.12. The molecule has 150 valence electrons. The zero-order chi connectivity index (χ0) is 20.9. The van der Waals surface area contributed by atoms with Gasteiger partial charge in [0.2, 0.25) is 5.95 Å². The summed E-state index contributed by atoms with van der Waals surface area (Å²) in [6.07, 6.45) is 2.89. The zero-order valence-corrected chi connectivity index (χ0v) is 17.5. The van der Waals surface area contributed by atoms with Gasteiger partial charge in [0.25, 0.3) is 10.0 Å². The molecule has 3 aromatic rings. The lowest BCUT2D eigenvalue weighted by molar-refractivity contribution is 0.415. The highest BCUT2D eigenvalue weighted by Gasteiger charge is 2.15. The zero-order valence-electron chi connectivity index (χ0n) is 15.1. The molecule has 3 rings (SSSR count). The Morgan fingerprint density at radius 3 is 2.28 bits per heavy atom. The molecule has 1 aromatic heterocycles. The summed E-state index contributed by atoms with van der Waals surface area (Å²) in [6, 6.07) is 12.8. The van der Waals surface area contributed by atoms with E-state index in [9.17, 15) is 8.42 Å². The summed E-state index contributed by atoms with van der Waals surface area (Å²) in [5.74, 6) is 0.556. The third kappa shape index (κ3) is 5.53. The topological polar surface area (TPSA) is 105 Å². The number of nitrogens with one attached hydrogen (secondary N) is 3. The predicted octanol–water partition coefficient (Wildman–Crippen LogP) is 3.75. The van der Waals surface area contributed by atoms with Crippen LogP contribution < -0.4 is 20.1 Å². The third-order valence-corrected chi connectivity index (χ3v) is 5.47. The van der Waals surface area contributed by atoms with Crippen LogP contribution in [0.15, 0.2) is 65.8 Å². The number of thiocarbonyl (C=S) groups is 1. The Kier molecular flexibility index (Phi) is 6.47. The first kappa shape index (κ1) is 20.8. The molecular formula is C18H16ClN5O3S2. The lowest BCUT2D eigenvalue weighted by Crippen LogP contribution is -2.19. The number of hydrogen-bond acceptors (Lipinski definition) is 6. The average Bonchev–Trinajstić information content (AvgIpc) is 2.69. The maximum Gasteiger partial charge on any atom is 0.264 e. The van der Waals surface area contributed by atoms with Crippen LogP contribution in [0.2, 0.25) is 5.02 Å². The van der Waals surface area contributed by atoms with Gasteiger partial charge in [-0.2, -0.15) is 0 Å². The van der Waals surface area contributed by atoms with E-state index in [0.29, 0.717) is 27.3 Å². The van der Waals surface area contributed by atoms with Gasteiger partial charge >= 0.3 is 0 Å². The number of halogens is 1. The molecule has 29 heavy (non-hydrogen) atoms. The van der Waals surface area contributed by atoms with Crippen molar-refractivity contribution in [2.75, 3.05) is 22.5 Å². The van der Waals surface area contributed by atoms with Crippen LogP contribution in [0.3, 0.4) is 0 Å². The van der Waals surface area contributed by atoms with Crippen LogP contribution in [0.5, 0.6) is 5.75 Å². The Labute approximate surface area is 178 Å². The molecule has 0 unspecified atom stereocenters. The van der Waals surface area contributed by atoms with Gasteiger partial charge in [-0.1, -0.05) is 11.6 Å². The van der Waals surface area contributed by atoms with E-state index >= 15 is 0 Å². The monoisotopic (exact) mass is 449 g/mol. The Hall–Kier alpha value is -2.95. The van der Waals surface area contributed by atoms with Gasteiger partial charge in [0.1, 0.15) is 5.75 Å². The average molecular weight is 450 g/mol. The smallest absolute Gasteiger partial charge is 0.264 e. The van der Waals surface area contributed by atoms with E-state index in [-0.39, 0.29) is 10.8 Å². The van der Waals surface area contributed by atoms with Crippen LogP contribution in [0.4, 0.5) is 17.3 Å². The van der Waals surface area contributed by atoms with Crippen molar-refractivity contribution in [2.45, 2.75) is 4.90 Å². The summed E-state index contributed by atoms with van der Waals surface area (Å²) in [4.78, 5) is 7.76. The van der Waals surface area contributed by atoms with Gasteiger partial charge in [-0.25, -0.2) is 23.1 Å². The molecule has 1 heterocycles. The fraction of sp³-hybridized carbons (Fsp3) is 0.0556. The number of benzene rings is 2. The van der Waals surface area contributed by atoms with Crippen LogP contribution in [-0.4, -0.2) is 30.6 Å². The van der Waals surface area contributed by atoms with Crippen molar-refractivity contribution in [3.63, 3.8) is 0 Å². The van der Waals surface area contributed by atoms with E-state index < -0.39 is 10.0 Å². The van der Waals surface area contributed by atoms with Crippen LogP contribution in [0.1, 0.15) is 0 Å². The van der Waals surface area contributed by atoms with E-state index in [0.717, 1.165) is 0 Å². The first-order valence-corrected chi connectivity index (χ1v) is 10.5. The van der Waals surface area contributed by atoms with Crippen molar-refractivity contribution in [3.8, 4) is 5.75 Å². The van der Waals surface area contributed by atoms with Gasteiger partial charge in [-0.05, 0) is 60.7 Å². The first-order valence-electron chi connectivity index (χ1n) is 8.19. The van der Waals surface area contributed by atoms with Crippen molar-refractivity contribution >= 4 is 56.3 Å². The molecule has 0 radical (unpaired) electrons. The largest absolute Gasteiger partial charge is 0.495 e. The predicted molar refractivity (Wildman–Crippen MR) is 117 cm³/mol. The summed E-state index contributed by atoms with van der Waals surface area (Å²) in [6.45, 7) is 0. The van der Waals surface area contributed by atoms with Gasteiger partial charge in [-0.15, -0.1) is 0 Å². The first-order chi connectivity index (χ1) is 13.9. The molecule has 0 saturated heterocycles. The second kappa shape index (κ2) is 9.03. The summed E-state index contributed by atoms with van der Waals surface area (Å²) < 4.78 is 32.2. The molecule has 0 aliphatic heterocycles. The Bertz CT molecular complexity index is 1110. The number of aromatic nitrogens is 2. The van der Waals surface area contributed by atoms with Gasteiger partial charge in [-0.3, -0.25) is 0 Å². The maximum atomic E-state index is 12.4. The Balaban J connectivity index is 1.64. The number of rotatable bonds is 6. The van der Waals surface area contributed by atoms with Gasteiger partial charge in [0.05, 0.1) is 17.0 Å². The molecule has 0 atom stereocenters. The highest BCUT2D eigenvalue weighted by atomic mass is 35.5. The highest BCUT2D eigenvalue weighted by molar-refractivity contribution is 7.92. The van der Waals surface area contributed by atoms with Crippen molar-refractivity contribution in [3.05, 3.63) is 65.9 Å². The third-order valence-electron chi connectivity index (χ3n) is 3.62. The van der Waals surface area contributed by atoms with Gasteiger partial charge in [0, 0.05) is 23.8 Å². The van der Waals surface area contributed by atoms with E-state index in [1.54, 1.807) is 36.4 Å². The van der Waals surface area contributed by atoms with E-state index in [1.165, 1.54) is 31.6 Å². The summed E-state index contributed by atoms with van der Waals surface area (Å²) in [5, 5.41) is 6.73. The standard InChI is InChI=1S/C18H16ClN5O3S2/c1-27-16-8-5-13(11-15(16)19)23-18(28)22-12-3-6-14(7-4-12)29(25,26)24-17-20-9-2-10-21-17/h2-11H,1H3,(H,20,21,24)(H2,22,23,28). The molecule has 0 bridgehead atoms. The van der Waals surface area contributed by atoms with Crippen LogP contribution in [0.25, 0.3) is 0 Å². The van der Waals surface area contributed by atoms with E-state index in [2.05, 4.69) is 25.3 Å². The number of hydrogen-bond donors (Lipinski definition) is 3. The second-order valence-electron chi connectivity index (χ2n) is 5.63. The highest BCUT2D eigenvalue weighted by Crippen LogP contribution is 2.27. The Morgan fingerprint density at radius 2 is 1.66 bits per heavy atom. The number of sulfonamides is 1. The molecule has 0 aliphatic carbocycles. The van der Waals surface area contributed by atoms with E-state index in [1.807, 2.05) is 0 Å². The van der Waals surface area contributed by atoms with Crippen LogP contribution in [-0.2, 0) is 10.0 Å². The normalized spacial score (nSPS) is 10.8. The molecule has 0 fully saturated rings. The molecular weight excluding hydrogens is 434 g/mol. The molecule has 0 saturated carbocycles. The van der Waals surface area contributed by atoms with Gasteiger partial charge < -0.3 is 15.4 Å². The Morgan fingerprint density at radius 1 is 1.03 bits per heavy atom. The van der Waals surface area contributed by atoms with Crippen molar-refractivity contribution in [1.29, 1.82) is 0 Å². The molecule has 2 aromatic carbocycles. The number of ether oxygens (including phenoxy) is 1. The number of nitrogens with zero attached hydrogens (tertiary/aromatic N) is 2. The SMILES string of the molecule is COc1ccc(NC(=S)Nc2ccc(S(=O)(=O)Nc3ncccn3)cc2)cc1Cl. The maximum absolute atomic E-state index is 12.4. The second-order valence-corrected chi connectivity index (χ2v) is 8.13. The summed E-state index contributed by atoms with van der Waals surface area (Å²) >= 11 is 11.4. The minimum atomic E-state index is -3.80. The van der Waals surface area contributed by atoms with Gasteiger partial charge in [0.15, 0.2) is 5.11 Å². The fourth-order valence-electron chi connectivity index (χ4n) is 2.29. The quantitative estimate of drug-likeness (QED) is 0.488. The molecule has 11 heteroatoms. The van der Waals surface area contributed by atoms with Crippen molar-refractivity contribution in [2.24, 2.45) is 0 Å². The molecule has 0 aliphatic rings. The molecule has 0 amide bonds. The summed E-state index contributed by atoms with van der Waals surface area (Å²) in [5.41, 5.74) is 1.29. The lowest BCUT2D eigenvalue weighted by atomic mass is 10.3. The van der Waals surface area contributed by atoms with Crippen LogP contribution in [0, 0.1) is 0 Å². The van der Waals surface area contributed by atoms with Crippen molar-refractivity contribution < 1.29 is 13.2 Å². The van der Waals surface area contributed by atoms with E-state index in [4.69, 9.17) is 28.6 Å². The van der Waals surface area contributed by atoms with Crippen molar-refractivity contribution in [1.82, 2.24) is 9.97 Å². The van der Waals surface area contributed by atoms with Crippen LogP contribution >= 0.6 is 23.8 Å².